The lowest BCUT2D eigenvalue weighted by molar-refractivity contribution is -0.139. The van der Waals surface area contributed by atoms with Crippen molar-refractivity contribution in [2.45, 2.75) is 6.42 Å². The summed E-state index contributed by atoms with van der Waals surface area (Å²) in [6.07, 6.45) is -0.344. The molecule has 8 heavy (non-hydrogen) atoms. The average Bonchev–Trinajstić information content (AvgIpc) is 1.65. The number of halogens is 1. The zero-order valence-corrected chi connectivity index (χ0v) is 6.21. The Balaban J connectivity index is 3.40. The van der Waals surface area contributed by atoms with Crippen LogP contribution in [0.1, 0.15) is 6.42 Å². The van der Waals surface area contributed by atoms with Gasteiger partial charge in [0.25, 0.3) is 0 Å². The van der Waals surface area contributed by atoms with Crippen molar-refractivity contribution in [1.82, 2.24) is 0 Å². The van der Waals surface area contributed by atoms with E-state index in [9.17, 15) is 9.59 Å². The molecule has 0 saturated heterocycles. The summed E-state index contributed by atoms with van der Waals surface area (Å²) in [5.41, 5.74) is 0. The van der Waals surface area contributed by atoms with Crippen LogP contribution in [0.15, 0.2) is 0 Å². The van der Waals surface area contributed by atoms with E-state index >= 15 is 0 Å². The van der Waals surface area contributed by atoms with Gasteiger partial charge in [-0.15, -0.1) is 0 Å². The highest BCUT2D eigenvalue weighted by Gasteiger charge is 2.03. The van der Waals surface area contributed by atoms with Gasteiger partial charge >= 0.3 is 5.97 Å². The van der Waals surface area contributed by atoms with Gasteiger partial charge in [0.1, 0.15) is 6.42 Å². The van der Waals surface area contributed by atoms with Crippen molar-refractivity contribution < 1.29 is 14.7 Å². The smallest absolute Gasteiger partial charge is 0.310 e. The number of carboxylic acid groups (broad SMARTS) is 1. The Bertz CT molecular complexity index is 110. The van der Waals surface area contributed by atoms with E-state index in [0.717, 1.165) is 0 Å². The molecular formula is C4H5IO3. The van der Waals surface area contributed by atoms with E-state index in [4.69, 9.17) is 5.11 Å². The van der Waals surface area contributed by atoms with E-state index in [-0.39, 0.29) is 16.6 Å². The zero-order chi connectivity index (χ0) is 6.57. The summed E-state index contributed by atoms with van der Waals surface area (Å²) < 4.78 is 0.282. The lowest BCUT2D eigenvalue weighted by Crippen LogP contribution is -2.06. The number of alkyl halides is 1. The molecule has 0 amide bonds. The summed E-state index contributed by atoms with van der Waals surface area (Å²) in [6.45, 7) is 0. The minimum atomic E-state index is -1.05. The third-order valence-electron chi connectivity index (χ3n) is 0.497. The number of carbonyl (C=O) groups excluding carboxylic acids is 1. The highest BCUT2D eigenvalue weighted by molar-refractivity contribution is 14.1. The van der Waals surface area contributed by atoms with Crippen LogP contribution in [-0.4, -0.2) is 21.3 Å². The predicted octanol–water partition coefficient (Wildman–Crippen LogP) is 0.465. The first kappa shape index (κ1) is 7.87. The quantitative estimate of drug-likeness (QED) is 0.433. The Morgan fingerprint density at radius 3 is 2.12 bits per heavy atom. The Kier molecular flexibility index (Phi) is 3.76. The fraction of sp³-hybridized carbons (Fsp3) is 0.500. The SMILES string of the molecule is O=C(O)CC(=O)CI. The number of carboxylic acids is 1. The van der Waals surface area contributed by atoms with Gasteiger partial charge < -0.3 is 5.11 Å². The summed E-state index contributed by atoms with van der Waals surface area (Å²) in [5.74, 6) is -1.29. The molecule has 0 radical (unpaired) electrons. The Morgan fingerprint density at radius 1 is 1.50 bits per heavy atom. The second kappa shape index (κ2) is 3.82. The molecule has 3 nitrogen and oxygen atoms in total. The van der Waals surface area contributed by atoms with Crippen molar-refractivity contribution in [3.8, 4) is 0 Å². The Labute approximate surface area is 60.2 Å². The maximum absolute atomic E-state index is 10.2. The van der Waals surface area contributed by atoms with Gasteiger partial charge in [-0.05, 0) is 0 Å². The van der Waals surface area contributed by atoms with Crippen LogP contribution in [0.2, 0.25) is 0 Å². The average molecular weight is 228 g/mol. The minimum absolute atomic E-state index is 0.238. The van der Waals surface area contributed by atoms with Crippen molar-refractivity contribution in [1.29, 1.82) is 0 Å². The van der Waals surface area contributed by atoms with Gasteiger partial charge in [0.15, 0.2) is 5.78 Å². The topological polar surface area (TPSA) is 54.4 Å². The Morgan fingerprint density at radius 2 is 2.00 bits per heavy atom. The third kappa shape index (κ3) is 4.04. The fourth-order valence-corrected chi connectivity index (χ4v) is 0.486. The molecule has 0 unspecified atom stereocenters. The molecule has 0 aromatic carbocycles. The van der Waals surface area contributed by atoms with Crippen LogP contribution < -0.4 is 0 Å². The number of ketones is 1. The van der Waals surface area contributed by atoms with Crippen LogP contribution in [0.5, 0.6) is 0 Å². The van der Waals surface area contributed by atoms with Crippen molar-refractivity contribution in [2.24, 2.45) is 0 Å². The van der Waals surface area contributed by atoms with E-state index < -0.39 is 5.97 Å². The summed E-state index contributed by atoms with van der Waals surface area (Å²) >= 11 is 1.83. The number of aliphatic carboxylic acids is 1. The molecule has 0 atom stereocenters. The third-order valence-corrected chi connectivity index (χ3v) is 1.35. The first-order chi connectivity index (χ1) is 3.66. The molecule has 0 spiro atoms. The largest absolute Gasteiger partial charge is 0.481 e. The molecule has 46 valence electrons. The van der Waals surface area contributed by atoms with E-state index in [1.807, 2.05) is 22.6 Å². The second-order valence-corrected chi connectivity index (χ2v) is 2.01. The van der Waals surface area contributed by atoms with Gasteiger partial charge in [-0.1, -0.05) is 22.6 Å². The number of hydrogen-bond donors (Lipinski definition) is 1. The molecule has 0 aromatic rings. The highest BCUT2D eigenvalue weighted by atomic mass is 127. The molecule has 1 N–H and O–H groups in total. The van der Waals surface area contributed by atoms with Crippen molar-refractivity contribution >= 4 is 34.3 Å². The summed E-state index contributed by atoms with van der Waals surface area (Å²) in [5, 5.41) is 7.99. The van der Waals surface area contributed by atoms with Crippen LogP contribution in [0, 0.1) is 0 Å². The molecule has 0 aliphatic heterocycles. The maximum atomic E-state index is 10.2. The summed E-state index contributed by atoms with van der Waals surface area (Å²) in [7, 11) is 0. The van der Waals surface area contributed by atoms with Crippen molar-refractivity contribution in [2.75, 3.05) is 4.43 Å². The monoisotopic (exact) mass is 228 g/mol. The first-order valence-corrected chi connectivity index (χ1v) is 3.49. The van der Waals surface area contributed by atoms with Crippen LogP contribution in [0.4, 0.5) is 0 Å². The van der Waals surface area contributed by atoms with Crippen molar-refractivity contribution in [3.63, 3.8) is 0 Å². The maximum Gasteiger partial charge on any atom is 0.310 e. The number of Topliss-reactive ketones (excluding diaryl/α,β-unsaturated/α-hetero) is 1. The van der Waals surface area contributed by atoms with Crippen molar-refractivity contribution in [3.05, 3.63) is 0 Å². The van der Waals surface area contributed by atoms with E-state index in [2.05, 4.69) is 0 Å². The summed E-state index contributed by atoms with van der Waals surface area (Å²) in [4.78, 5) is 20.0. The van der Waals surface area contributed by atoms with E-state index in [0.29, 0.717) is 0 Å². The van der Waals surface area contributed by atoms with E-state index in [1.54, 1.807) is 0 Å². The van der Waals surface area contributed by atoms with Gasteiger partial charge in [0.05, 0.1) is 4.43 Å². The van der Waals surface area contributed by atoms with Gasteiger partial charge in [-0.3, -0.25) is 9.59 Å². The van der Waals surface area contributed by atoms with E-state index in [1.165, 1.54) is 0 Å². The number of hydrogen-bond acceptors (Lipinski definition) is 2. The standard InChI is InChI=1S/C4H5IO3/c5-2-3(6)1-4(7)8/h1-2H2,(H,7,8). The molecule has 4 heteroatoms. The van der Waals surface area contributed by atoms with Gasteiger partial charge in [0, 0.05) is 0 Å². The minimum Gasteiger partial charge on any atom is -0.481 e. The zero-order valence-electron chi connectivity index (χ0n) is 4.06. The Hall–Kier alpha value is -0.130. The molecule has 0 fully saturated rings. The molecule has 0 rings (SSSR count). The number of rotatable bonds is 3. The van der Waals surface area contributed by atoms with Gasteiger partial charge in [-0.2, -0.15) is 0 Å². The molecule has 0 aliphatic rings. The fourth-order valence-electron chi connectivity index (χ4n) is 0.216. The molecule has 0 bridgehead atoms. The van der Waals surface area contributed by atoms with Gasteiger partial charge in [0.2, 0.25) is 0 Å². The normalized spacial score (nSPS) is 8.62. The van der Waals surface area contributed by atoms with Crippen LogP contribution in [0.3, 0.4) is 0 Å². The highest BCUT2D eigenvalue weighted by Crippen LogP contribution is 1.88. The second-order valence-electron chi connectivity index (χ2n) is 1.24. The predicted molar refractivity (Wildman–Crippen MR) is 36.1 cm³/mol. The molecule has 0 heterocycles. The molecule has 0 aromatic heterocycles. The first-order valence-electron chi connectivity index (χ1n) is 1.96. The molecular weight excluding hydrogens is 223 g/mol. The number of carbonyl (C=O) groups is 2. The lowest BCUT2D eigenvalue weighted by atomic mass is 10.3. The van der Waals surface area contributed by atoms with Gasteiger partial charge in [-0.25, -0.2) is 0 Å². The van der Waals surface area contributed by atoms with Crippen LogP contribution >= 0.6 is 22.6 Å². The molecule has 0 saturated carbocycles. The van der Waals surface area contributed by atoms with Crippen LogP contribution in [0.25, 0.3) is 0 Å². The molecule has 0 aliphatic carbocycles. The van der Waals surface area contributed by atoms with Crippen LogP contribution in [-0.2, 0) is 9.59 Å². The lowest BCUT2D eigenvalue weighted by Gasteiger charge is -1.85. The summed E-state index contributed by atoms with van der Waals surface area (Å²) in [6, 6.07) is 0.